The van der Waals surface area contributed by atoms with E-state index in [0.717, 1.165) is 29.9 Å². The quantitative estimate of drug-likeness (QED) is 0.623. The van der Waals surface area contributed by atoms with Gasteiger partial charge in [-0.05, 0) is 32.3 Å². The summed E-state index contributed by atoms with van der Waals surface area (Å²) in [6.07, 6.45) is 1.09. The van der Waals surface area contributed by atoms with Crippen molar-refractivity contribution in [1.82, 2.24) is 19.3 Å². The molecule has 2 aromatic heterocycles. The van der Waals surface area contributed by atoms with Crippen LogP contribution < -0.4 is 5.69 Å². The van der Waals surface area contributed by atoms with Crippen LogP contribution in [0.3, 0.4) is 0 Å². The summed E-state index contributed by atoms with van der Waals surface area (Å²) in [6.45, 7) is 9.36. The van der Waals surface area contributed by atoms with E-state index >= 15 is 0 Å². The topological polar surface area (TPSA) is 72.7 Å². The van der Waals surface area contributed by atoms with Crippen LogP contribution in [0.25, 0.3) is 0 Å². The third-order valence-electron chi connectivity index (χ3n) is 3.98. The number of aromatic nitrogens is 4. The first-order valence-electron chi connectivity index (χ1n) is 7.75. The van der Waals surface area contributed by atoms with Crippen molar-refractivity contribution in [1.29, 1.82) is 0 Å². The third kappa shape index (κ3) is 3.96. The maximum Gasteiger partial charge on any atom is 0.343 e. The molecule has 2 rings (SSSR count). The molecule has 2 aromatic rings. The van der Waals surface area contributed by atoms with Crippen LogP contribution >= 0.6 is 11.8 Å². The van der Waals surface area contributed by atoms with Gasteiger partial charge < -0.3 is 4.57 Å². The lowest BCUT2D eigenvalue weighted by Gasteiger charge is -2.11. The number of hydrogen-bond donors (Lipinski definition) is 1. The van der Waals surface area contributed by atoms with Gasteiger partial charge in [0.05, 0.1) is 5.75 Å². The van der Waals surface area contributed by atoms with Crippen LogP contribution in [0.1, 0.15) is 42.0 Å². The fourth-order valence-corrected chi connectivity index (χ4v) is 3.29. The number of rotatable bonds is 7. The highest BCUT2D eigenvalue weighted by Gasteiger charge is 2.17. The fourth-order valence-electron chi connectivity index (χ4n) is 2.48. The summed E-state index contributed by atoms with van der Waals surface area (Å²) < 4.78 is 3.62. The van der Waals surface area contributed by atoms with Crippen molar-refractivity contribution in [3.63, 3.8) is 0 Å². The van der Waals surface area contributed by atoms with Gasteiger partial charge in [0.1, 0.15) is 0 Å². The Labute approximate surface area is 140 Å². The fraction of sp³-hybridized carbons (Fsp3) is 0.562. The highest BCUT2D eigenvalue weighted by Crippen LogP contribution is 2.21. The molecule has 0 bridgehead atoms. The molecule has 23 heavy (non-hydrogen) atoms. The van der Waals surface area contributed by atoms with Gasteiger partial charge in [0.25, 0.3) is 0 Å². The molecule has 0 amide bonds. The average molecular weight is 336 g/mol. The molecule has 0 saturated heterocycles. The molecule has 1 N–H and O–H groups in total. The summed E-state index contributed by atoms with van der Waals surface area (Å²) in [6, 6.07) is 1.96. The second kappa shape index (κ2) is 7.21. The summed E-state index contributed by atoms with van der Waals surface area (Å²) in [5, 5.41) is 6.80. The van der Waals surface area contributed by atoms with Crippen molar-refractivity contribution in [2.45, 2.75) is 45.8 Å². The Morgan fingerprint density at radius 2 is 2.09 bits per heavy atom. The van der Waals surface area contributed by atoms with Gasteiger partial charge in [0.2, 0.25) is 0 Å². The molecule has 6 nitrogen and oxygen atoms in total. The van der Waals surface area contributed by atoms with Crippen LogP contribution in [0.15, 0.2) is 16.0 Å². The first-order valence-corrected chi connectivity index (χ1v) is 8.74. The highest BCUT2D eigenvalue weighted by atomic mass is 32.2. The Balaban J connectivity index is 2.09. The van der Waals surface area contributed by atoms with Crippen molar-refractivity contribution >= 4 is 17.5 Å². The van der Waals surface area contributed by atoms with Gasteiger partial charge in [-0.1, -0.05) is 25.6 Å². The van der Waals surface area contributed by atoms with Crippen LogP contribution in [0, 0.1) is 19.8 Å². The Bertz CT molecular complexity index is 755. The first-order chi connectivity index (χ1) is 10.8. The molecule has 0 unspecified atom stereocenters. The lowest BCUT2D eigenvalue weighted by atomic mass is 10.1. The maximum atomic E-state index is 12.5. The van der Waals surface area contributed by atoms with Crippen LogP contribution in [0.4, 0.5) is 0 Å². The predicted molar refractivity (Wildman–Crippen MR) is 92.2 cm³/mol. The van der Waals surface area contributed by atoms with Crippen LogP contribution in [-0.4, -0.2) is 30.9 Å². The van der Waals surface area contributed by atoms with E-state index in [9.17, 15) is 9.59 Å². The van der Waals surface area contributed by atoms with Crippen molar-refractivity contribution in [2.75, 3.05) is 5.75 Å². The number of carbonyl (C=O) groups is 1. The number of carbonyl (C=O) groups excluding carboxylic acids is 1. The minimum absolute atomic E-state index is 0.0642. The molecule has 0 radical (unpaired) electrons. The molecule has 0 atom stereocenters. The summed E-state index contributed by atoms with van der Waals surface area (Å²) in [7, 11) is 1.64. The monoisotopic (exact) mass is 336 g/mol. The standard InChI is InChI=1S/C16H24N4O2S/c1-10(2)6-7-20-11(3)8-13(12(20)4)14(21)9-23-16-18-17-15(22)19(16)5/h8,10H,6-7,9H2,1-5H3,(H,17,22). The molecule has 0 aliphatic heterocycles. The summed E-state index contributed by atoms with van der Waals surface area (Å²) >= 11 is 1.27. The van der Waals surface area contributed by atoms with E-state index in [1.54, 1.807) is 7.05 Å². The number of aromatic amines is 1. The zero-order valence-electron chi connectivity index (χ0n) is 14.3. The number of nitrogens with one attached hydrogen (secondary N) is 1. The van der Waals surface area contributed by atoms with Gasteiger partial charge >= 0.3 is 5.69 Å². The van der Waals surface area contributed by atoms with Crippen molar-refractivity contribution in [3.05, 3.63) is 33.5 Å². The zero-order valence-corrected chi connectivity index (χ0v) is 15.2. The van der Waals surface area contributed by atoms with Gasteiger partial charge in [0.15, 0.2) is 10.9 Å². The molecule has 0 aromatic carbocycles. The van der Waals surface area contributed by atoms with Crippen molar-refractivity contribution < 1.29 is 4.79 Å². The first kappa shape index (κ1) is 17.6. The molecule has 126 valence electrons. The summed E-state index contributed by atoms with van der Waals surface area (Å²) in [4.78, 5) is 23.8. The number of Topliss-reactive ketones (excluding diaryl/α,β-unsaturated/α-hetero) is 1. The molecule has 0 aliphatic carbocycles. The number of aryl methyl sites for hydroxylation is 1. The lowest BCUT2D eigenvalue weighted by Crippen LogP contribution is -2.13. The molecule has 0 fully saturated rings. The van der Waals surface area contributed by atoms with Crippen molar-refractivity contribution in [3.8, 4) is 0 Å². The Morgan fingerprint density at radius 3 is 2.65 bits per heavy atom. The van der Waals surface area contributed by atoms with E-state index in [0.29, 0.717) is 11.1 Å². The predicted octanol–water partition coefficient (Wildman–Crippen LogP) is 2.55. The lowest BCUT2D eigenvalue weighted by molar-refractivity contribution is 0.102. The van der Waals surface area contributed by atoms with E-state index in [-0.39, 0.29) is 17.2 Å². The van der Waals surface area contributed by atoms with E-state index in [1.165, 1.54) is 16.3 Å². The van der Waals surface area contributed by atoms with E-state index in [1.807, 2.05) is 19.9 Å². The molecule has 2 heterocycles. The Kier molecular flexibility index (Phi) is 5.51. The molecule has 0 spiro atoms. The van der Waals surface area contributed by atoms with Crippen LogP contribution in [-0.2, 0) is 13.6 Å². The maximum absolute atomic E-state index is 12.5. The van der Waals surface area contributed by atoms with Crippen LogP contribution in [0.2, 0.25) is 0 Å². The second-order valence-corrected chi connectivity index (χ2v) is 7.14. The van der Waals surface area contributed by atoms with Gasteiger partial charge in [-0.2, -0.15) is 0 Å². The van der Waals surface area contributed by atoms with E-state index in [4.69, 9.17) is 0 Å². The van der Waals surface area contributed by atoms with Gasteiger partial charge in [0, 0.05) is 30.5 Å². The molecule has 0 saturated carbocycles. The van der Waals surface area contributed by atoms with Gasteiger partial charge in [-0.3, -0.25) is 9.36 Å². The smallest absolute Gasteiger partial charge is 0.343 e. The minimum atomic E-state index is -0.271. The average Bonchev–Trinajstić information content (AvgIpc) is 2.96. The van der Waals surface area contributed by atoms with Crippen molar-refractivity contribution in [2.24, 2.45) is 13.0 Å². The summed E-state index contributed by atoms with van der Waals surface area (Å²) in [5.74, 6) is 0.966. The number of thioether (sulfide) groups is 1. The number of hydrogen-bond acceptors (Lipinski definition) is 4. The largest absolute Gasteiger partial charge is 0.348 e. The Morgan fingerprint density at radius 1 is 1.39 bits per heavy atom. The van der Waals surface area contributed by atoms with E-state index in [2.05, 4.69) is 28.6 Å². The SMILES string of the molecule is Cc1cc(C(=O)CSc2n[nH]c(=O)n2C)c(C)n1CCC(C)C. The molecular weight excluding hydrogens is 312 g/mol. The van der Waals surface area contributed by atoms with Gasteiger partial charge in [-0.15, -0.1) is 5.10 Å². The minimum Gasteiger partial charge on any atom is -0.348 e. The third-order valence-corrected chi connectivity index (χ3v) is 5.01. The number of nitrogens with zero attached hydrogens (tertiary/aromatic N) is 3. The van der Waals surface area contributed by atoms with Crippen LogP contribution in [0.5, 0.6) is 0 Å². The zero-order chi connectivity index (χ0) is 17.1. The van der Waals surface area contributed by atoms with Gasteiger partial charge in [-0.25, -0.2) is 9.89 Å². The summed E-state index contributed by atoms with van der Waals surface area (Å²) in [5.41, 5.74) is 2.62. The normalized spacial score (nSPS) is 11.4. The number of H-pyrrole nitrogens is 1. The number of ketones is 1. The molecule has 7 heteroatoms. The molecular formula is C16H24N4O2S. The second-order valence-electron chi connectivity index (χ2n) is 6.20. The molecule has 0 aliphatic rings. The highest BCUT2D eigenvalue weighted by molar-refractivity contribution is 7.99. The Hall–Kier alpha value is -1.76. The van der Waals surface area contributed by atoms with E-state index < -0.39 is 0 Å².